The number of halogens is 5. The molecule has 88 valence electrons. The first-order valence-corrected chi connectivity index (χ1v) is 5.97. The van der Waals surface area contributed by atoms with Gasteiger partial charge in [-0.25, -0.2) is 4.98 Å². The van der Waals surface area contributed by atoms with E-state index in [4.69, 9.17) is 46.4 Å². The number of rotatable bonds is 1. The van der Waals surface area contributed by atoms with Crippen molar-refractivity contribution in [3.63, 3.8) is 0 Å². The van der Waals surface area contributed by atoms with Crippen LogP contribution in [-0.4, -0.2) is 4.98 Å². The lowest BCUT2D eigenvalue weighted by molar-refractivity contribution is 0.585. The topological polar surface area (TPSA) is 12.9 Å². The van der Waals surface area contributed by atoms with Crippen molar-refractivity contribution in [3.05, 3.63) is 50.4 Å². The van der Waals surface area contributed by atoms with Gasteiger partial charge in [0.2, 0.25) is 5.95 Å². The maximum atomic E-state index is 13.2. The molecule has 17 heavy (non-hydrogen) atoms. The van der Waals surface area contributed by atoms with Crippen molar-refractivity contribution in [3.8, 4) is 11.1 Å². The van der Waals surface area contributed by atoms with Gasteiger partial charge in [0.25, 0.3) is 0 Å². The monoisotopic (exact) mass is 309 g/mol. The Hall–Kier alpha value is -0.540. The third-order valence-electron chi connectivity index (χ3n) is 2.15. The van der Waals surface area contributed by atoms with Crippen molar-refractivity contribution in [2.75, 3.05) is 0 Å². The Morgan fingerprint density at radius 1 is 0.882 bits per heavy atom. The van der Waals surface area contributed by atoms with Crippen molar-refractivity contribution in [2.45, 2.75) is 0 Å². The minimum absolute atomic E-state index is 0.104. The zero-order valence-electron chi connectivity index (χ0n) is 8.15. The van der Waals surface area contributed by atoms with Crippen LogP contribution in [0.2, 0.25) is 20.1 Å². The highest BCUT2D eigenvalue weighted by Crippen LogP contribution is 2.38. The second-order valence-corrected chi connectivity index (χ2v) is 4.81. The molecule has 0 fully saturated rings. The summed E-state index contributed by atoms with van der Waals surface area (Å²) in [6, 6.07) is 4.57. The lowest BCUT2D eigenvalue weighted by Crippen LogP contribution is -1.89. The number of pyridine rings is 1. The summed E-state index contributed by atoms with van der Waals surface area (Å²) in [5.74, 6) is -0.758. The van der Waals surface area contributed by atoms with Gasteiger partial charge in [0, 0.05) is 17.3 Å². The van der Waals surface area contributed by atoms with E-state index in [1.807, 2.05) is 0 Å². The van der Waals surface area contributed by atoms with Crippen molar-refractivity contribution in [1.82, 2.24) is 4.98 Å². The third kappa shape index (κ3) is 2.50. The van der Waals surface area contributed by atoms with Gasteiger partial charge in [-0.05, 0) is 18.2 Å². The molecule has 0 aliphatic heterocycles. The van der Waals surface area contributed by atoms with Gasteiger partial charge in [-0.15, -0.1) is 0 Å². The van der Waals surface area contributed by atoms with Crippen LogP contribution in [-0.2, 0) is 0 Å². The minimum atomic E-state index is -0.758. The molecule has 0 aliphatic carbocycles. The second-order valence-electron chi connectivity index (χ2n) is 3.21. The Kier molecular flexibility index (Phi) is 3.79. The predicted octanol–water partition coefficient (Wildman–Crippen LogP) is 5.50. The summed E-state index contributed by atoms with van der Waals surface area (Å²) >= 11 is 23.5. The van der Waals surface area contributed by atoms with E-state index in [0.29, 0.717) is 26.2 Å². The maximum absolute atomic E-state index is 13.2. The Morgan fingerprint density at radius 3 is 2.24 bits per heavy atom. The third-order valence-corrected chi connectivity index (χ3v) is 3.54. The van der Waals surface area contributed by atoms with Gasteiger partial charge in [-0.3, -0.25) is 0 Å². The van der Waals surface area contributed by atoms with Crippen LogP contribution in [0, 0.1) is 5.95 Å². The van der Waals surface area contributed by atoms with Gasteiger partial charge in [0.1, 0.15) is 5.02 Å². The minimum Gasteiger partial charge on any atom is -0.227 e. The average Bonchev–Trinajstić information content (AvgIpc) is 2.28. The number of hydrogen-bond donors (Lipinski definition) is 0. The molecule has 1 aromatic carbocycles. The molecule has 0 atom stereocenters. The molecule has 0 N–H and O–H groups in total. The zero-order valence-corrected chi connectivity index (χ0v) is 11.2. The molecule has 0 amide bonds. The second kappa shape index (κ2) is 4.99. The number of nitrogens with zero attached hydrogens (tertiary/aromatic N) is 1. The fourth-order valence-corrected chi connectivity index (χ4v) is 2.22. The highest BCUT2D eigenvalue weighted by Gasteiger charge is 2.13. The normalized spacial score (nSPS) is 10.6. The predicted molar refractivity (Wildman–Crippen MR) is 69.7 cm³/mol. The molecule has 0 unspecified atom stereocenters. The van der Waals surface area contributed by atoms with E-state index in [1.165, 1.54) is 18.3 Å². The summed E-state index contributed by atoms with van der Waals surface area (Å²) in [6.45, 7) is 0. The number of aromatic nitrogens is 1. The van der Waals surface area contributed by atoms with Gasteiger partial charge in [0.15, 0.2) is 0 Å². The van der Waals surface area contributed by atoms with Gasteiger partial charge in [-0.1, -0.05) is 46.4 Å². The highest BCUT2D eigenvalue weighted by molar-refractivity contribution is 6.44. The lowest BCUT2D eigenvalue weighted by atomic mass is 10.1. The van der Waals surface area contributed by atoms with Crippen LogP contribution in [0.1, 0.15) is 0 Å². The summed E-state index contributed by atoms with van der Waals surface area (Å²) in [5.41, 5.74) is 0.926. The van der Waals surface area contributed by atoms with Crippen molar-refractivity contribution >= 4 is 46.4 Å². The van der Waals surface area contributed by atoms with Crippen LogP contribution >= 0.6 is 46.4 Å². The number of hydrogen-bond acceptors (Lipinski definition) is 1. The average molecular weight is 311 g/mol. The smallest absolute Gasteiger partial charge is 0.227 e. The molecule has 1 aromatic heterocycles. The summed E-state index contributed by atoms with van der Waals surface area (Å²) < 4.78 is 13.2. The van der Waals surface area contributed by atoms with E-state index in [1.54, 1.807) is 6.07 Å². The Morgan fingerprint density at radius 2 is 1.53 bits per heavy atom. The lowest BCUT2D eigenvalue weighted by Gasteiger charge is -2.08. The first-order valence-electron chi connectivity index (χ1n) is 4.45. The molecule has 2 rings (SSSR count). The fourth-order valence-electron chi connectivity index (χ4n) is 1.36. The van der Waals surface area contributed by atoms with Crippen LogP contribution < -0.4 is 0 Å². The molecule has 0 radical (unpaired) electrons. The van der Waals surface area contributed by atoms with Gasteiger partial charge < -0.3 is 0 Å². The molecule has 2 aromatic rings. The van der Waals surface area contributed by atoms with Crippen LogP contribution in [0.25, 0.3) is 11.1 Å². The van der Waals surface area contributed by atoms with Gasteiger partial charge >= 0.3 is 0 Å². The molecule has 0 spiro atoms. The molecule has 0 aliphatic rings. The van der Waals surface area contributed by atoms with Gasteiger partial charge in [-0.2, -0.15) is 4.39 Å². The SMILES string of the molecule is Fc1nccc(-c2cc(Cl)c(Cl)cc2Cl)c1Cl. The zero-order chi connectivity index (χ0) is 12.6. The van der Waals surface area contributed by atoms with Crippen LogP contribution in [0.4, 0.5) is 4.39 Å². The maximum Gasteiger partial charge on any atom is 0.232 e. The highest BCUT2D eigenvalue weighted by atomic mass is 35.5. The first-order chi connectivity index (χ1) is 8.00. The molecule has 0 saturated carbocycles. The molecule has 0 saturated heterocycles. The summed E-state index contributed by atoms with van der Waals surface area (Å²) in [4.78, 5) is 3.43. The van der Waals surface area contributed by atoms with Crippen molar-refractivity contribution < 1.29 is 4.39 Å². The van der Waals surface area contributed by atoms with E-state index >= 15 is 0 Å². The fraction of sp³-hybridized carbons (Fsp3) is 0. The Labute approximate surface area is 117 Å². The quantitative estimate of drug-likeness (QED) is 0.500. The summed E-state index contributed by atoms with van der Waals surface area (Å²) in [7, 11) is 0. The molecular weight excluding hydrogens is 307 g/mol. The van der Waals surface area contributed by atoms with Crippen LogP contribution in [0.15, 0.2) is 24.4 Å². The van der Waals surface area contributed by atoms with Crippen LogP contribution in [0.5, 0.6) is 0 Å². The largest absolute Gasteiger partial charge is 0.232 e. The molecule has 1 heterocycles. The molecule has 1 nitrogen and oxygen atoms in total. The first kappa shape index (κ1) is 12.9. The van der Waals surface area contributed by atoms with Crippen molar-refractivity contribution in [1.29, 1.82) is 0 Å². The van der Waals surface area contributed by atoms with E-state index in [2.05, 4.69) is 4.98 Å². The molecule has 6 heteroatoms. The Bertz CT molecular complexity index is 586. The standard InChI is InChI=1S/C11H4Cl4FN/c12-7-4-9(14)8(13)3-6(7)5-1-2-17-11(16)10(5)15/h1-4H. The van der Waals surface area contributed by atoms with Gasteiger partial charge in [0.05, 0.1) is 15.1 Å². The molecular formula is C11H4Cl4FN. The van der Waals surface area contributed by atoms with Crippen LogP contribution in [0.3, 0.4) is 0 Å². The number of benzene rings is 1. The summed E-state index contributed by atoms with van der Waals surface area (Å²) in [5, 5.41) is 0.880. The summed E-state index contributed by atoms with van der Waals surface area (Å²) in [6.07, 6.45) is 1.30. The molecule has 0 bridgehead atoms. The van der Waals surface area contributed by atoms with E-state index in [9.17, 15) is 4.39 Å². The van der Waals surface area contributed by atoms with E-state index in [0.717, 1.165) is 0 Å². The van der Waals surface area contributed by atoms with Crippen molar-refractivity contribution in [2.24, 2.45) is 0 Å². The van der Waals surface area contributed by atoms with E-state index in [-0.39, 0.29) is 5.02 Å². The Balaban J connectivity index is 2.69. The van der Waals surface area contributed by atoms with E-state index < -0.39 is 5.95 Å².